The van der Waals surface area contributed by atoms with Crippen LogP contribution in [0.3, 0.4) is 0 Å². The Morgan fingerprint density at radius 3 is 2.24 bits per heavy atom. The van der Waals surface area contributed by atoms with Crippen LogP contribution in [0.1, 0.15) is 115 Å². The van der Waals surface area contributed by atoms with Crippen LogP contribution in [-0.4, -0.2) is 164 Å². The summed E-state index contributed by atoms with van der Waals surface area (Å²) in [5.41, 5.74) is -6.17. The number of carbonyl (C=O) groups is 1. The molecule has 4 rings (SSSR count). The number of rotatable bonds is 15. The van der Waals surface area contributed by atoms with Gasteiger partial charge in [0, 0.05) is 32.0 Å². The van der Waals surface area contributed by atoms with Gasteiger partial charge in [0.2, 0.25) is 0 Å². The first kappa shape index (κ1) is 56.5. The second kappa shape index (κ2) is 23.3. The van der Waals surface area contributed by atoms with Crippen molar-refractivity contribution in [1.82, 2.24) is 16.0 Å². The molecule has 0 aromatic heterocycles. The largest absolute Gasteiger partial charge is 0.483 e. The van der Waals surface area contributed by atoms with E-state index in [-0.39, 0.29) is 60.3 Å². The third kappa shape index (κ3) is 12.8. The minimum Gasteiger partial charge on any atom is -0.483 e. The van der Waals surface area contributed by atoms with E-state index in [0.29, 0.717) is 19.5 Å². The summed E-state index contributed by atoms with van der Waals surface area (Å²) < 4.78 is 71.7. The fourth-order valence-electron chi connectivity index (χ4n) is 10.2. The van der Waals surface area contributed by atoms with Crippen molar-refractivity contribution in [1.29, 1.82) is 0 Å². The second-order valence-electron chi connectivity index (χ2n) is 20.0. The van der Waals surface area contributed by atoms with Gasteiger partial charge in [-0.1, -0.05) is 40.7 Å². The van der Waals surface area contributed by atoms with E-state index >= 15 is 0 Å². The smallest absolute Gasteiger partial charge is 0.311 e. The summed E-state index contributed by atoms with van der Waals surface area (Å²) in [5, 5.41) is 58.3. The summed E-state index contributed by atoms with van der Waals surface area (Å²) in [6, 6.07) is 5.30. The van der Waals surface area contributed by atoms with Gasteiger partial charge in [-0.05, 0) is 118 Å². The molecule has 1 aromatic rings. The summed E-state index contributed by atoms with van der Waals surface area (Å²) >= 11 is 0. The number of cyclic esters (lactones) is 1. The summed E-state index contributed by atoms with van der Waals surface area (Å²) in [6.07, 6.45) is -7.13. The number of carbonyl (C=O) groups excluding carboxylic acids is 1. The van der Waals surface area contributed by atoms with Crippen LogP contribution in [0, 0.1) is 17.8 Å². The lowest BCUT2D eigenvalue weighted by atomic mass is 9.75. The Labute approximate surface area is 394 Å². The fraction of sp³-hybridized carbons (Fsp3) is 0.854. The molecule has 3 aliphatic heterocycles. The molecule has 10 unspecified atom stereocenters. The van der Waals surface area contributed by atoms with Gasteiger partial charge in [-0.2, -0.15) is 0 Å². The Hall–Kier alpha value is -2.04. The maximum atomic E-state index is 14.6. The van der Waals surface area contributed by atoms with Crippen LogP contribution in [-0.2, 0) is 43.1 Å². The van der Waals surface area contributed by atoms with E-state index in [1.54, 1.807) is 67.6 Å². The van der Waals surface area contributed by atoms with Gasteiger partial charge in [0.05, 0.1) is 52.6 Å². The highest BCUT2D eigenvalue weighted by Gasteiger charge is 2.58. The lowest BCUT2D eigenvalue weighted by Crippen LogP contribution is -2.70. The molecule has 0 aliphatic carbocycles. The van der Waals surface area contributed by atoms with Crippen molar-refractivity contribution >= 4 is 15.8 Å². The Kier molecular flexibility index (Phi) is 19.9. The zero-order valence-electron chi connectivity index (χ0n) is 42.0. The lowest BCUT2D eigenvalue weighted by molar-refractivity contribution is -0.335. The van der Waals surface area contributed by atoms with Gasteiger partial charge in [-0.25, -0.2) is 8.42 Å². The quantitative estimate of drug-likeness (QED) is 0.0986. The van der Waals surface area contributed by atoms with E-state index < -0.39 is 105 Å². The van der Waals surface area contributed by atoms with Crippen LogP contribution < -0.4 is 20.7 Å². The zero-order chi connectivity index (χ0) is 49.6. The van der Waals surface area contributed by atoms with E-state index in [2.05, 4.69) is 16.0 Å². The molecule has 1 aromatic carbocycles. The molecule has 0 amide bonds. The van der Waals surface area contributed by atoms with Gasteiger partial charge in [-0.15, -0.1) is 0 Å². The van der Waals surface area contributed by atoms with Crippen LogP contribution in [0.5, 0.6) is 5.75 Å². The minimum atomic E-state index is -3.56. The molecule has 3 fully saturated rings. The van der Waals surface area contributed by atoms with Crippen molar-refractivity contribution < 1.29 is 66.8 Å². The molecule has 3 saturated heterocycles. The molecule has 17 nitrogen and oxygen atoms in total. The molecule has 3 aliphatic rings. The molecule has 66 heavy (non-hydrogen) atoms. The number of benzene rings is 1. The number of likely N-dealkylation sites (N-methyl/N-ethyl adjacent to an activating group) is 1. The Morgan fingerprint density at radius 1 is 0.955 bits per heavy atom. The molecule has 18 heteroatoms. The topological polar surface area (TPSA) is 233 Å². The molecule has 7 N–H and O–H groups in total. The number of aliphatic hydroxyl groups excluding tert-OH is 1. The van der Waals surface area contributed by atoms with Gasteiger partial charge in [0.15, 0.2) is 28.5 Å². The predicted molar refractivity (Wildman–Crippen MR) is 250 cm³/mol. The number of nitrogens with one attached hydrogen (secondary N) is 3. The van der Waals surface area contributed by atoms with E-state index in [1.165, 1.54) is 26.2 Å². The van der Waals surface area contributed by atoms with Crippen molar-refractivity contribution in [3.63, 3.8) is 0 Å². The van der Waals surface area contributed by atoms with Crippen LogP contribution in [0.4, 0.5) is 0 Å². The molecule has 0 saturated carbocycles. The van der Waals surface area contributed by atoms with E-state index in [0.717, 1.165) is 6.42 Å². The number of aliphatic hydroxyl groups is 4. The molecule has 18 atom stereocenters. The minimum absolute atomic E-state index is 0.0555. The third-order valence-electron chi connectivity index (χ3n) is 14.5. The number of ether oxygens (including phenoxy) is 7. The molecule has 3 heterocycles. The standard InChI is InChI=1S/C48H85N3O14S/c1-15-21-50-27-48(56)33(9)61-38(25-46(48,11)59-14)64-39-30(6)42(45(10,54)24-28(4)26-51-32(8)41(52)47(12,55)37(16-2)63-43(53)31(39)7)65-44-40(36(49-13)22-29(5)60-44)62-34-19-18-20-35(23-34)66(57,58)17-3/h18-20,23,28-33,36-42,44,49-52,54-56H,15-17,21-22,24-27H2,1-14H3/t28?,29-,30?,31?,32?,33+,36+,37?,38+,39?,40-,41?,42?,44+,45?,46-,47?,48+/m1/s1. The fourth-order valence-corrected chi connectivity index (χ4v) is 11.1. The normalized spacial score (nSPS) is 42.5. The first-order chi connectivity index (χ1) is 30.7. The van der Waals surface area contributed by atoms with E-state index in [4.69, 9.17) is 33.2 Å². The molecular weight excluding hydrogens is 875 g/mol. The average molecular weight is 960 g/mol. The van der Waals surface area contributed by atoms with Gasteiger partial charge in [0.1, 0.15) is 34.8 Å². The number of esters is 1. The van der Waals surface area contributed by atoms with Crippen LogP contribution in [0.15, 0.2) is 29.2 Å². The van der Waals surface area contributed by atoms with Crippen molar-refractivity contribution in [3.05, 3.63) is 24.3 Å². The molecule has 382 valence electrons. The van der Waals surface area contributed by atoms with Crippen molar-refractivity contribution in [2.45, 2.75) is 210 Å². The van der Waals surface area contributed by atoms with Gasteiger partial charge >= 0.3 is 5.97 Å². The Morgan fingerprint density at radius 2 is 1.64 bits per heavy atom. The van der Waals surface area contributed by atoms with Crippen molar-refractivity contribution in [2.75, 3.05) is 39.5 Å². The third-order valence-corrected chi connectivity index (χ3v) is 16.3. The maximum absolute atomic E-state index is 14.6. The van der Waals surface area contributed by atoms with Crippen LogP contribution in [0.2, 0.25) is 0 Å². The lowest BCUT2D eigenvalue weighted by Gasteiger charge is -2.53. The highest BCUT2D eigenvalue weighted by Crippen LogP contribution is 2.43. The predicted octanol–water partition coefficient (Wildman–Crippen LogP) is 3.47. The highest BCUT2D eigenvalue weighted by atomic mass is 32.2. The van der Waals surface area contributed by atoms with Crippen molar-refractivity contribution in [2.24, 2.45) is 17.8 Å². The van der Waals surface area contributed by atoms with Gasteiger partial charge in [-0.3, -0.25) is 4.79 Å². The summed E-state index contributed by atoms with van der Waals surface area (Å²) in [7, 11) is -0.244. The molecule has 0 bridgehead atoms. The molecular formula is C48H85N3O14S. The van der Waals surface area contributed by atoms with Crippen LogP contribution in [0.25, 0.3) is 0 Å². The first-order valence-electron chi connectivity index (χ1n) is 24.1. The number of hydrogen-bond donors (Lipinski definition) is 7. The number of methoxy groups -OCH3 is 1. The van der Waals surface area contributed by atoms with E-state index in [9.17, 15) is 33.6 Å². The number of sulfone groups is 1. The molecule has 0 spiro atoms. The first-order valence-corrected chi connectivity index (χ1v) is 25.7. The summed E-state index contributed by atoms with van der Waals surface area (Å²) in [5.74, 6) is -2.69. The Bertz CT molecular complexity index is 1810. The SMILES string of the molecule is CCCNC[C@]1(O)[C@H](C)O[C@@H](OC2C(C)C(=O)OC(CC)C(C)(O)C(O)C(C)NCC(C)CC(C)(O)C(O[C@@H]3O[C@H](C)C[C@H](NC)[C@H]3Oc3cccc(S(=O)(=O)CC)c3)C2C)C[C@@]1(C)OC. The zero-order valence-corrected chi connectivity index (χ0v) is 42.9. The van der Waals surface area contributed by atoms with Crippen molar-refractivity contribution in [3.8, 4) is 5.75 Å². The highest BCUT2D eigenvalue weighted by molar-refractivity contribution is 7.91. The molecule has 0 radical (unpaired) electrons. The van der Waals surface area contributed by atoms with Crippen LogP contribution >= 0.6 is 0 Å². The van der Waals surface area contributed by atoms with Gasteiger partial charge in [0.25, 0.3) is 0 Å². The van der Waals surface area contributed by atoms with Gasteiger partial charge < -0.3 is 69.5 Å². The maximum Gasteiger partial charge on any atom is 0.311 e. The summed E-state index contributed by atoms with van der Waals surface area (Å²) in [4.78, 5) is 14.7. The number of hydrogen-bond acceptors (Lipinski definition) is 17. The second-order valence-corrected chi connectivity index (χ2v) is 22.3. The summed E-state index contributed by atoms with van der Waals surface area (Å²) in [6.45, 7) is 22.3. The Balaban J connectivity index is 1.87. The van der Waals surface area contributed by atoms with E-state index in [1.807, 2.05) is 27.7 Å². The average Bonchev–Trinajstić information content (AvgIpc) is 3.26. The monoisotopic (exact) mass is 960 g/mol.